The molecule has 0 aliphatic carbocycles. The van der Waals surface area contributed by atoms with Gasteiger partial charge in [0.1, 0.15) is 0 Å². The molecule has 66 valence electrons. The molecule has 5 heteroatoms. The summed E-state index contributed by atoms with van der Waals surface area (Å²) in [4.78, 5) is 10.6. The van der Waals surface area contributed by atoms with Gasteiger partial charge in [-0.2, -0.15) is 5.10 Å². The number of nitrogens with zero attached hydrogens (tertiary/aromatic N) is 2. The molecule has 12 heavy (non-hydrogen) atoms. The summed E-state index contributed by atoms with van der Waals surface area (Å²) in [7, 11) is 0. The third kappa shape index (κ3) is 1.62. The molecular weight excluding hydrogens is 158 g/mol. The van der Waals surface area contributed by atoms with E-state index in [0.717, 1.165) is 0 Å². The van der Waals surface area contributed by atoms with Crippen LogP contribution >= 0.6 is 0 Å². The molecule has 1 heterocycles. The normalized spacial score (nSPS) is 12.8. The van der Waals surface area contributed by atoms with Crippen molar-refractivity contribution in [1.29, 1.82) is 0 Å². The van der Waals surface area contributed by atoms with E-state index in [1.807, 2.05) is 0 Å². The second-order valence-electron chi connectivity index (χ2n) is 2.60. The summed E-state index contributed by atoms with van der Waals surface area (Å²) < 4.78 is 1.50. The number of carbonyl (C=O) groups excluding carboxylic acids is 1. The summed E-state index contributed by atoms with van der Waals surface area (Å²) in [6, 6.07) is -0.127. The molecule has 0 bridgehead atoms. The van der Waals surface area contributed by atoms with Crippen molar-refractivity contribution < 1.29 is 9.90 Å². The molecule has 0 aliphatic rings. The van der Waals surface area contributed by atoms with E-state index in [2.05, 4.69) is 5.10 Å². The zero-order valence-electron chi connectivity index (χ0n) is 6.77. The molecule has 1 unspecified atom stereocenters. The third-order valence-electron chi connectivity index (χ3n) is 1.60. The second-order valence-corrected chi connectivity index (χ2v) is 2.60. The average Bonchev–Trinajstić information content (AvgIpc) is 2.51. The maximum absolute atomic E-state index is 10.6. The van der Waals surface area contributed by atoms with E-state index in [0.29, 0.717) is 5.56 Å². The first-order chi connectivity index (χ1) is 5.65. The lowest BCUT2D eigenvalue weighted by Crippen LogP contribution is -2.11. The highest BCUT2D eigenvalue weighted by Gasteiger charge is 2.07. The minimum atomic E-state index is -0.508. The standard InChI is InChI=1S/C7H11N3O2/c1-5(4-11)10-3-6(2-9-10)7(8)12/h2-3,5,11H,4H2,1H3,(H2,8,12). The van der Waals surface area contributed by atoms with E-state index < -0.39 is 5.91 Å². The smallest absolute Gasteiger partial charge is 0.251 e. The largest absolute Gasteiger partial charge is 0.394 e. The van der Waals surface area contributed by atoms with Gasteiger partial charge in [-0.1, -0.05) is 0 Å². The molecule has 0 aromatic carbocycles. The van der Waals surface area contributed by atoms with Crippen LogP contribution in [0.1, 0.15) is 23.3 Å². The number of aromatic nitrogens is 2. The summed E-state index contributed by atoms with van der Waals surface area (Å²) in [5, 5.41) is 12.6. The fourth-order valence-electron chi connectivity index (χ4n) is 0.790. The van der Waals surface area contributed by atoms with Crippen molar-refractivity contribution in [2.45, 2.75) is 13.0 Å². The molecule has 0 spiro atoms. The molecule has 0 saturated carbocycles. The Morgan fingerprint density at radius 2 is 2.58 bits per heavy atom. The number of hydrogen-bond acceptors (Lipinski definition) is 3. The molecule has 1 atom stereocenters. The monoisotopic (exact) mass is 169 g/mol. The summed E-state index contributed by atoms with van der Waals surface area (Å²) in [6.45, 7) is 1.78. The van der Waals surface area contributed by atoms with Crippen LogP contribution < -0.4 is 5.73 Å². The van der Waals surface area contributed by atoms with Crippen LogP contribution in [0.15, 0.2) is 12.4 Å². The van der Waals surface area contributed by atoms with E-state index >= 15 is 0 Å². The first-order valence-corrected chi connectivity index (χ1v) is 3.60. The Labute approximate surface area is 69.8 Å². The van der Waals surface area contributed by atoms with Gasteiger partial charge in [-0.15, -0.1) is 0 Å². The second kappa shape index (κ2) is 3.36. The molecule has 1 amide bonds. The summed E-state index contributed by atoms with van der Waals surface area (Å²) in [6.07, 6.45) is 2.90. The van der Waals surface area contributed by atoms with Crippen LogP contribution in [-0.2, 0) is 0 Å². The molecular formula is C7H11N3O2. The van der Waals surface area contributed by atoms with Gasteiger partial charge in [-0.25, -0.2) is 0 Å². The third-order valence-corrected chi connectivity index (χ3v) is 1.60. The molecule has 3 N–H and O–H groups in total. The maximum Gasteiger partial charge on any atom is 0.251 e. The van der Waals surface area contributed by atoms with Crippen LogP contribution in [-0.4, -0.2) is 27.4 Å². The molecule has 5 nitrogen and oxygen atoms in total. The lowest BCUT2D eigenvalue weighted by molar-refractivity contribution is 0.1000. The predicted molar refractivity (Wildman–Crippen MR) is 42.5 cm³/mol. The SMILES string of the molecule is CC(CO)n1cc(C(N)=O)cn1. The summed E-state index contributed by atoms with van der Waals surface area (Å²) in [5.41, 5.74) is 5.37. The van der Waals surface area contributed by atoms with Crippen molar-refractivity contribution in [2.75, 3.05) is 6.61 Å². The van der Waals surface area contributed by atoms with Crippen molar-refractivity contribution in [3.8, 4) is 0 Å². The van der Waals surface area contributed by atoms with Gasteiger partial charge in [0, 0.05) is 6.20 Å². The molecule has 0 radical (unpaired) electrons. The van der Waals surface area contributed by atoms with Gasteiger partial charge in [-0.05, 0) is 6.92 Å². The topological polar surface area (TPSA) is 81.1 Å². The average molecular weight is 169 g/mol. The summed E-state index contributed by atoms with van der Waals surface area (Å²) >= 11 is 0. The van der Waals surface area contributed by atoms with Gasteiger partial charge in [0.2, 0.25) is 0 Å². The van der Waals surface area contributed by atoms with Crippen molar-refractivity contribution >= 4 is 5.91 Å². The molecule has 0 fully saturated rings. The van der Waals surface area contributed by atoms with Crippen LogP contribution in [0.3, 0.4) is 0 Å². The van der Waals surface area contributed by atoms with Crippen molar-refractivity contribution in [2.24, 2.45) is 5.73 Å². The Balaban J connectivity index is 2.84. The fourth-order valence-corrected chi connectivity index (χ4v) is 0.790. The Morgan fingerprint density at radius 3 is 3.00 bits per heavy atom. The van der Waals surface area contributed by atoms with Crippen LogP contribution in [0.4, 0.5) is 0 Å². The van der Waals surface area contributed by atoms with Gasteiger partial charge in [0.05, 0.1) is 24.4 Å². The van der Waals surface area contributed by atoms with E-state index in [1.165, 1.54) is 17.1 Å². The van der Waals surface area contributed by atoms with E-state index in [4.69, 9.17) is 10.8 Å². The van der Waals surface area contributed by atoms with Crippen LogP contribution in [0.25, 0.3) is 0 Å². The zero-order chi connectivity index (χ0) is 9.14. The molecule has 0 saturated heterocycles. The van der Waals surface area contributed by atoms with Crippen LogP contribution in [0, 0.1) is 0 Å². The van der Waals surface area contributed by atoms with Gasteiger partial charge < -0.3 is 10.8 Å². The minimum absolute atomic E-state index is 0.0140. The van der Waals surface area contributed by atoms with E-state index in [1.54, 1.807) is 6.92 Å². The number of nitrogens with two attached hydrogens (primary N) is 1. The lowest BCUT2D eigenvalue weighted by Gasteiger charge is -2.06. The first kappa shape index (κ1) is 8.73. The van der Waals surface area contributed by atoms with Gasteiger partial charge >= 0.3 is 0 Å². The molecule has 1 rings (SSSR count). The highest BCUT2D eigenvalue weighted by atomic mass is 16.3. The number of amides is 1. The fraction of sp³-hybridized carbons (Fsp3) is 0.429. The number of carbonyl (C=O) groups is 1. The maximum atomic E-state index is 10.6. The van der Waals surface area contributed by atoms with Crippen molar-refractivity contribution in [3.05, 3.63) is 18.0 Å². The molecule has 1 aromatic rings. The Hall–Kier alpha value is -1.36. The highest BCUT2D eigenvalue weighted by Crippen LogP contribution is 2.04. The number of hydrogen-bond donors (Lipinski definition) is 2. The van der Waals surface area contributed by atoms with Crippen LogP contribution in [0.2, 0.25) is 0 Å². The number of primary amides is 1. The Bertz CT molecular complexity index is 282. The van der Waals surface area contributed by atoms with E-state index in [9.17, 15) is 4.79 Å². The highest BCUT2D eigenvalue weighted by molar-refractivity contribution is 5.92. The number of aliphatic hydroxyl groups is 1. The number of aliphatic hydroxyl groups excluding tert-OH is 1. The lowest BCUT2D eigenvalue weighted by atomic mass is 10.3. The van der Waals surface area contributed by atoms with Gasteiger partial charge in [0.25, 0.3) is 5.91 Å². The first-order valence-electron chi connectivity index (χ1n) is 3.60. The van der Waals surface area contributed by atoms with Gasteiger partial charge in [-0.3, -0.25) is 9.48 Å². The Morgan fingerprint density at radius 1 is 1.92 bits per heavy atom. The zero-order valence-corrected chi connectivity index (χ0v) is 6.77. The van der Waals surface area contributed by atoms with Crippen molar-refractivity contribution in [1.82, 2.24) is 9.78 Å². The van der Waals surface area contributed by atoms with E-state index in [-0.39, 0.29) is 12.6 Å². The number of rotatable bonds is 3. The molecule has 0 aliphatic heterocycles. The van der Waals surface area contributed by atoms with Crippen LogP contribution in [0.5, 0.6) is 0 Å². The summed E-state index contributed by atoms with van der Waals surface area (Å²) in [5.74, 6) is -0.508. The quantitative estimate of drug-likeness (QED) is 0.642. The molecule has 1 aromatic heterocycles. The van der Waals surface area contributed by atoms with Gasteiger partial charge in [0.15, 0.2) is 0 Å². The Kier molecular flexibility index (Phi) is 2.44. The van der Waals surface area contributed by atoms with Crippen molar-refractivity contribution in [3.63, 3.8) is 0 Å². The minimum Gasteiger partial charge on any atom is -0.394 e. The predicted octanol–water partition coefficient (Wildman–Crippen LogP) is -0.465.